The highest BCUT2D eigenvalue weighted by atomic mass is 35.5. The highest BCUT2D eigenvalue weighted by Gasteiger charge is 2.42. The lowest BCUT2D eigenvalue weighted by atomic mass is 9.93. The summed E-state index contributed by atoms with van der Waals surface area (Å²) in [6, 6.07) is 8.36. The molecule has 1 aromatic carbocycles. The maximum absolute atomic E-state index is 5.96. The van der Waals surface area contributed by atoms with Gasteiger partial charge >= 0.3 is 0 Å². The Balaban J connectivity index is 1.51. The van der Waals surface area contributed by atoms with Crippen molar-refractivity contribution in [3.63, 3.8) is 0 Å². The second kappa shape index (κ2) is 6.33. The lowest BCUT2D eigenvalue weighted by Crippen LogP contribution is -2.37. The van der Waals surface area contributed by atoms with Gasteiger partial charge in [0.05, 0.1) is 0 Å². The van der Waals surface area contributed by atoms with Gasteiger partial charge < -0.3 is 10.1 Å². The zero-order valence-corrected chi connectivity index (χ0v) is 12.8. The first-order valence-electron chi connectivity index (χ1n) is 7.61. The molecule has 2 aliphatic rings. The molecule has 110 valence electrons. The van der Waals surface area contributed by atoms with Gasteiger partial charge in [-0.15, -0.1) is 0 Å². The van der Waals surface area contributed by atoms with Gasteiger partial charge in [-0.25, -0.2) is 0 Å². The zero-order valence-electron chi connectivity index (χ0n) is 12.0. The number of halogens is 1. The van der Waals surface area contributed by atoms with E-state index in [1.807, 2.05) is 24.3 Å². The molecule has 0 aliphatic carbocycles. The zero-order chi connectivity index (χ0) is 13.9. The fourth-order valence-electron chi connectivity index (χ4n) is 3.77. The van der Waals surface area contributed by atoms with E-state index in [1.165, 1.54) is 26.1 Å². The Labute approximate surface area is 126 Å². The number of hydrogen-bond donors (Lipinski definition) is 1. The summed E-state index contributed by atoms with van der Waals surface area (Å²) in [5.41, 5.74) is 0. The van der Waals surface area contributed by atoms with Gasteiger partial charge in [0.2, 0.25) is 0 Å². The van der Waals surface area contributed by atoms with Crippen molar-refractivity contribution in [1.82, 2.24) is 10.2 Å². The van der Waals surface area contributed by atoms with Crippen molar-refractivity contribution in [3.8, 4) is 5.75 Å². The Bertz CT molecular complexity index is 454. The Morgan fingerprint density at radius 2 is 2.30 bits per heavy atom. The maximum atomic E-state index is 5.96. The van der Waals surface area contributed by atoms with Gasteiger partial charge in [0, 0.05) is 24.2 Å². The molecule has 0 amide bonds. The third kappa shape index (κ3) is 2.95. The minimum atomic E-state index is 0.720. The molecule has 4 heteroatoms. The summed E-state index contributed by atoms with van der Waals surface area (Å²) in [4.78, 5) is 2.61. The quantitative estimate of drug-likeness (QED) is 0.903. The number of nitrogens with zero attached hydrogens (tertiary/aromatic N) is 1. The molecule has 20 heavy (non-hydrogen) atoms. The summed E-state index contributed by atoms with van der Waals surface area (Å²) in [7, 11) is 0. The molecule has 3 unspecified atom stereocenters. The Morgan fingerprint density at radius 3 is 3.10 bits per heavy atom. The van der Waals surface area contributed by atoms with E-state index in [9.17, 15) is 0 Å². The first-order chi connectivity index (χ1) is 9.78. The van der Waals surface area contributed by atoms with Crippen LogP contribution in [0, 0.1) is 11.8 Å². The van der Waals surface area contributed by atoms with Crippen molar-refractivity contribution in [1.29, 1.82) is 0 Å². The molecule has 2 heterocycles. The molecule has 0 saturated carbocycles. The number of fused-ring (bicyclic) bond motifs is 1. The van der Waals surface area contributed by atoms with Crippen molar-refractivity contribution >= 4 is 11.6 Å². The highest BCUT2D eigenvalue weighted by molar-refractivity contribution is 6.30. The molecule has 2 saturated heterocycles. The van der Waals surface area contributed by atoms with Crippen LogP contribution in [0.2, 0.25) is 5.02 Å². The SMILES string of the molecule is CCC1C2CNCC2CN1CCOc1cccc(Cl)c1. The predicted molar refractivity (Wildman–Crippen MR) is 82.4 cm³/mol. The van der Waals surface area contributed by atoms with Crippen molar-refractivity contribution in [2.75, 3.05) is 32.8 Å². The van der Waals surface area contributed by atoms with Gasteiger partial charge in [-0.3, -0.25) is 4.90 Å². The molecule has 3 atom stereocenters. The summed E-state index contributed by atoms with van der Waals surface area (Å²) in [6.07, 6.45) is 1.24. The summed E-state index contributed by atoms with van der Waals surface area (Å²) < 4.78 is 5.82. The van der Waals surface area contributed by atoms with Crippen LogP contribution in [-0.2, 0) is 0 Å². The molecule has 3 nitrogen and oxygen atoms in total. The minimum Gasteiger partial charge on any atom is -0.492 e. The third-order valence-corrected chi connectivity index (χ3v) is 4.92. The average molecular weight is 295 g/mol. The van der Waals surface area contributed by atoms with Crippen LogP contribution < -0.4 is 10.1 Å². The number of ether oxygens (including phenoxy) is 1. The van der Waals surface area contributed by atoms with Crippen LogP contribution in [0.1, 0.15) is 13.3 Å². The Hall–Kier alpha value is -0.770. The van der Waals surface area contributed by atoms with Crippen LogP contribution in [0.5, 0.6) is 5.75 Å². The second-order valence-corrected chi connectivity index (χ2v) is 6.29. The van der Waals surface area contributed by atoms with Crippen LogP contribution in [0.4, 0.5) is 0 Å². The van der Waals surface area contributed by atoms with E-state index in [0.717, 1.165) is 41.8 Å². The van der Waals surface area contributed by atoms with Gasteiger partial charge in [-0.05, 0) is 49.5 Å². The van der Waals surface area contributed by atoms with E-state index in [-0.39, 0.29) is 0 Å². The Morgan fingerprint density at radius 1 is 1.40 bits per heavy atom. The maximum Gasteiger partial charge on any atom is 0.120 e. The van der Waals surface area contributed by atoms with Crippen molar-refractivity contribution in [2.45, 2.75) is 19.4 Å². The molecule has 2 fully saturated rings. The van der Waals surface area contributed by atoms with Gasteiger partial charge in [0.1, 0.15) is 12.4 Å². The fraction of sp³-hybridized carbons (Fsp3) is 0.625. The van der Waals surface area contributed by atoms with E-state index in [0.29, 0.717) is 0 Å². The molecule has 2 aliphatic heterocycles. The molecule has 0 radical (unpaired) electrons. The van der Waals surface area contributed by atoms with Crippen molar-refractivity contribution in [3.05, 3.63) is 29.3 Å². The van der Waals surface area contributed by atoms with Crippen LogP contribution in [0.15, 0.2) is 24.3 Å². The van der Waals surface area contributed by atoms with Crippen molar-refractivity contribution in [2.24, 2.45) is 11.8 Å². The topological polar surface area (TPSA) is 24.5 Å². The summed E-state index contributed by atoms with van der Waals surface area (Å²) in [5.74, 6) is 2.55. The lowest BCUT2D eigenvalue weighted by Gasteiger charge is -2.26. The fourth-order valence-corrected chi connectivity index (χ4v) is 3.95. The van der Waals surface area contributed by atoms with E-state index >= 15 is 0 Å². The lowest BCUT2D eigenvalue weighted by molar-refractivity contribution is 0.176. The smallest absolute Gasteiger partial charge is 0.120 e. The normalized spacial score (nSPS) is 29.6. The third-order valence-electron chi connectivity index (χ3n) is 4.69. The molecular formula is C16H23ClN2O. The van der Waals surface area contributed by atoms with Gasteiger partial charge in [0.25, 0.3) is 0 Å². The Kier molecular flexibility index (Phi) is 4.49. The van der Waals surface area contributed by atoms with Crippen LogP contribution in [-0.4, -0.2) is 43.7 Å². The minimum absolute atomic E-state index is 0.720. The average Bonchev–Trinajstić information content (AvgIpc) is 2.99. The highest BCUT2D eigenvalue weighted by Crippen LogP contribution is 2.33. The van der Waals surface area contributed by atoms with Gasteiger partial charge in [-0.1, -0.05) is 24.6 Å². The molecule has 1 N–H and O–H groups in total. The molecule has 3 rings (SSSR count). The summed E-state index contributed by atoms with van der Waals surface area (Å²) >= 11 is 5.96. The van der Waals surface area contributed by atoms with E-state index in [1.54, 1.807) is 0 Å². The van der Waals surface area contributed by atoms with E-state index in [2.05, 4.69) is 17.1 Å². The number of hydrogen-bond acceptors (Lipinski definition) is 3. The van der Waals surface area contributed by atoms with Gasteiger partial charge in [-0.2, -0.15) is 0 Å². The number of likely N-dealkylation sites (tertiary alicyclic amines) is 1. The standard InChI is InChI=1S/C16H23ClN2O/c1-2-16-15-10-18-9-12(15)11-19(16)6-7-20-14-5-3-4-13(17)8-14/h3-5,8,12,15-16,18H,2,6-7,9-11H2,1H3. The van der Waals surface area contributed by atoms with Gasteiger partial charge in [0.15, 0.2) is 0 Å². The van der Waals surface area contributed by atoms with Crippen molar-refractivity contribution < 1.29 is 4.74 Å². The number of benzene rings is 1. The molecule has 0 aromatic heterocycles. The van der Waals surface area contributed by atoms with Crippen LogP contribution in [0.25, 0.3) is 0 Å². The first kappa shape index (κ1) is 14.2. The predicted octanol–water partition coefficient (Wildman–Crippen LogP) is 2.65. The second-order valence-electron chi connectivity index (χ2n) is 5.86. The van der Waals surface area contributed by atoms with Crippen LogP contribution >= 0.6 is 11.6 Å². The molecular weight excluding hydrogens is 272 g/mol. The number of rotatable bonds is 5. The molecule has 1 aromatic rings. The summed E-state index contributed by atoms with van der Waals surface area (Å²) in [6.45, 7) is 7.65. The molecule has 0 spiro atoms. The van der Waals surface area contributed by atoms with Crippen LogP contribution in [0.3, 0.4) is 0 Å². The monoisotopic (exact) mass is 294 g/mol. The first-order valence-corrected chi connectivity index (χ1v) is 7.99. The largest absolute Gasteiger partial charge is 0.492 e. The molecule has 0 bridgehead atoms. The number of nitrogens with one attached hydrogen (secondary N) is 1. The van der Waals surface area contributed by atoms with E-state index in [4.69, 9.17) is 16.3 Å². The summed E-state index contributed by atoms with van der Waals surface area (Å²) in [5, 5.41) is 4.26. The van der Waals surface area contributed by atoms with E-state index < -0.39 is 0 Å².